The Balaban J connectivity index is 2.25. The van der Waals surface area contributed by atoms with Crippen LogP contribution in [0.5, 0.6) is 0 Å². The van der Waals surface area contributed by atoms with Crippen LogP contribution in [0.4, 0.5) is 0 Å². The molecule has 1 aliphatic rings. The van der Waals surface area contributed by atoms with Gasteiger partial charge in [0, 0.05) is 10.8 Å². The number of aromatic nitrogens is 1. The number of aryl methyl sites for hydroxylation is 1. The van der Waals surface area contributed by atoms with Crippen LogP contribution in [0.25, 0.3) is 0 Å². The second-order valence-electron chi connectivity index (χ2n) is 3.39. The van der Waals surface area contributed by atoms with Gasteiger partial charge in [0.2, 0.25) is 0 Å². The van der Waals surface area contributed by atoms with Crippen LogP contribution in [0.1, 0.15) is 42.2 Å². The van der Waals surface area contributed by atoms with Crippen LogP contribution in [0.2, 0.25) is 4.47 Å². The summed E-state index contributed by atoms with van der Waals surface area (Å²) in [6.07, 6.45) is 5.33. The van der Waals surface area contributed by atoms with Gasteiger partial charge in [-0.05, 0) is 19.8 Å². The third kappa shape index (κ3) is 1.50. The highest BCUT2D eigenvalue weighted by atomic mass is 35.5. The minimum Gasteiger partial charge on any atom is -0.229 e. The van der Waals surface area contributed by atoms with E-state index in [1.807, 2.05) is 0 Å². The molecule has 1 heterocycles. The molecule has 0 bridgehead atoms. The summed E-state index contributed by atoms with van der Waals surface area (Å²) in [4.78, 5) is 5.69. The Morgan fingerprint density at radius 2 is 2.08 bits per heavy atom. The molecule has 0 N–H and O–H groups in total. The molecule has 0 saturated heterocycles. The molecule has 0 aromatic carbocycles. The molecule has 1 aromatic heterocycles. The average molecular weight is 202 g/mol. The van der Waals surface area contributed by atoms with Gasteiger partial charge in [-0.2, -0.15) is 0 Å². The topological polar surface area (TPSA) is 12.9 Å². The lowest BCUT2D eigenvalue weighted by molar-refractivity contribution is 0.698. The van der Waals surface area contributed by atoms with E-state index < -0.39 is 0 Å². The van der Waals surface area contributed by atoms with E-state index in [9.17, 15) is 0 Å². The normalized spacial score (nSPS) is 18.8. The number of thiazole rings is 1. The molecular formula is C9H12ClNS. The first-order valence-corrected chi connectivity index (χ1v) is 5.59. The third-order valence-corrected chi connectivity index (χ3v) is 3.64. The van der Waals surface area contributed by atoms with Crippen molar-refractivity contribution >= 4 is 22.9 Å². The Bertz CT molecular complexity index is 276. The number of rotatable bonds is 1. The highest BCUT2D eigenvalue weighted by molar-refractivity contribution is 7.15. The van der Waals surface area contributed by atoms with Crippen molar-refractivity contribution in [2.24, 2.45) is 0 Å². The van der Waals surface area contributed by atoms with E-state index in [1.54, 1.807) is 11.3 Å². The van der Waals surface area contributed by atoms with Crippen molar-refractivity contribution in [1.29, 1.82) is 0 Å². The van der Waals surface area contributed by atoms with E-state index in [0.717, 1.165) is 0 Å². The van der Waals surface area contributed by atoms with Crippen molar-refractivity contribution in [2.45, 2.75) is 38.5 Å². The molecule has 1 fully saturated rings. The fourth-order valence-corrected chi connectivity index (χ4v) is 3.10. The fraction of sp³-hybridized carbons (Fsp3) is 0.667. The van der Waals surface area contributed by atoms with Gasteiger partial charge < -0.3 is 0 Å². The smallest absolute Gasteiger partial charge is 0.184 e. The van der Waals surface area contributed by atoms with Crippen LogP contribution in [-0.4, -0.2) is 4.98 Å². The van der Waals surface area contributed by atoms with Crippen LogP contribution < -0.4 is 0 Å². The number of nitrogens with zero attached hydrogens (tertiary/aromatic N) is 1. The van der Waals surface area contributed by atoms with Gasteiger partial charge in [-0.25, -0.2) is 4.98 Å². The van der Waals surface area contributed by atoms with Gasteiger partial charge in [0.1, 0.15) is 0 Å². The second-order valence-corrected chi connectivity index (χ2v) is 5.17. The first-order chi connectivity index (χ1) is 5.77. The van der Waals surface area contributed by atoms with E-state index in [4.69, 9.17) is 11.6 Å². The van der Waals surface area contributed by atoms with Crippen molar-refractivity contribution < 1.29 is 0 Å². The fourth-order valence-electron chi connectivity index (χ4n) is 1.95. The van der Waals surface area contributed by atoms with Crippen molar-refractivity contribution in [2.75, 3.05) is 0 Å². The van der Waals surface area contributed by atoms with Crippen molar-refractivity contribution in [3.8, 4) is 0 Å². The molecule has 1 aliphatic carbocycles. The molecule has 0 unspecified atom stereocenters. The Labute approximate surface area is 81.8 Å². The van der Waals surface area contributed by atoms with Gasteiger partial charge >= 0.3 is 0 Å². The van der Waals surface area contributed by atoms with Crippen LogP contribution in [0, 0.1) is 6.92 Å². The van der Waals surface area contributed by atoms with Gasteiger partial charge in [-0.3, -0.25) is 0 Å². The standard InChI is InChI=1S/C9H12ClNS/c1-6-8(11-9(10)12-6)7-4-2-3-5-7/h7H,2-5H2,1H3. The van der Waals surface area contributed by atoms with Gasteiger partial charge in [0.25, 0.3) is 0 Å². The average Bonchev–Trinajstić information content (AvgIpc) is 2.58. The Hall–Kier alpha value is -0.0800. The van der Waals surface area contributed by atoms with Gasteiger partial charge in [-0.1, -0.05) is 24.4 Å². The van der Waals surface area contributed by atoms with Crippen LogP contribution in [-0.2, 0) is 0 Å². The van der Waals surface area contributed by atoms with E-state index in [-0.39, 0.29) is 0 Å². The van der Waals surface area contributed by atoms with E-state index >= 15 is 0 Å². The molecule has 3 heteroatoms. The SMILES string of the molecule is Cc1sc(Cl)nc1C1CCCC1. The predicted octanol–water partition coefficient (Wildman–Crippen LogP) is 3.76. The maximum Gasteiger partial charge on any atom is 0.184 e. The summed E-state index contributed by atoms with van der Waals surface area (Å²) in [5.41, 5.74) is 1.27. The molecular weight excluding hydrogens is 190 g/mol. The molecule has 0 aliphatic heterocycles. The summed E-state index contributed by atoms with van der Waals surface area (Å²) in [7, 11) is 0. The summed E-state index contributed by atoms with van der Waals surface area (Å²) < 4.78 is 0.703. The zero-order valence-corrected chi connectivity index (χ0v) is 8.71. The summed E-state index contributed by atoms with van der Waals surface area (Å²) >= 11 is 7.46. The summed E-state index contributed by atoms with van der Waals surface area (Å²) in [5, 5.41) is 0. The maximum absolute atomic E-state index is 5.85. The molecule has 1 saturated carbocycles. The highest BCUT2D eigenvalue weighted by Gasteiger charge is 2.21. The number of hydrogen-bond donors (Lipinski definition) is 0. The first-order valence-electron chi connectivity index (χ1n) is 4.40. The molecule has 0 amide bonds. The summed E-state index contributed by atoms with van der Waals surface area (Å²) in [6, 6.07) is 0. The van der Waals surface area contributed by atoms with Gasteiger partial charge in [0.15, 0.2) is 4.47 Å². The van der Waals surface area contributed by atoms with Crippen molar-refractivity contribution in [3.63, 3.8) is 0 Å². The van der Waals surface area contributed by atoms with Gasteiger partial charge in [-0.15, -0.1) is 11.3 Å². The molecule has 66 valence electrons. The molecule has 0 spiro atoms. The third-order valence-electron chi connectivity index (χ3n) is 2.55. The van der Waals surface area contributed by atoms with E-state index in [2.05, 4.69) is 11.9 Å². The van der Waals surface area contributed by atoms with Crippen LogP contribution in [0.3, 0.4) is 0 Å². The summed E-state index contributed by atoms with van der Waals surface area (Å²) in [6.45, 7) is 2.12. The Morgan fingerprint density at radius 3 is 2.58 bits per heavy atom. The molecule has 0 radical (unpaired) electrons. The Kier molecular flexibility index (Phi) is 2.37. The largest absolute Gasteiger partial charge is 0.229 e. The first kappa shape index (κ1) is 8.52. The maximum atomic E-state index is 5.85. The zero-order valence-electron chi connectivity index (χ0n) is 7.14. The minimum atomic E-state index is 0.703. The lowest BCUT2D eigenvalue weighted by atomic mass is 10.0. The quantitative estimate of drug-likeness (QED) is 0.674. The molecule has 1 aromatic rings. The number of halogens is 1. The predicted molar refractivity (Wildman–Crippen MR) is 53.1 cm³/mol. The van der Waals surface area contributed by atoms with E-state index in [1.165, 1.54) is 36.3 Å². The van der Waals surface area contributed by atoms with Crippen LogP contribution >= 0.6 is 22.9 Å². The summed E-state index contributed by atoms with van der Waals surface area (Å²) in [5.74, 6) is 0.703. The second kappa shape index (κ2) is 3.35. The van der Waals surface area contributed by atoms with Crippen molar-refractivity contribution in [3.05, 3.63) is 15.0 Å². The Morgan fingerprint density at radius 1 is 1.42 bits per heavy atom. The molecule has 1 nitrogen and oxygen atoms in total. The van der Waals surface area contributed by atoms with E-state index in [0.29, 0.717) is 10.4 Å². The highest BCUT2D eigenvalue weighted by Crippen LogP contribution is 2.37. The van der Waals surface area contributed by atoms with Crippen molar-refractivity contribution in [1.82, 2.24) is 4.98 Å². The minimum absolute atomic E-state index is 0.703. The molecule has 0 atom stereocenters. The number of hydrogen-bond acceptors (Lipinski definition) is 2. The van der Waals surface area contributed by atoms with Gasteiger partial charge in [0.05, 0.1) is 5.69 Å². The molecule has 2 rings (SSSR count). The zero-order chi connectivity index (χ0) is 8.55. The lowest BCUT2D eigenvalue weighted by Gasteiger charge is -2.05. The molecule has 12 heavy (non-hydrogen) atoms. The van der Waals surface area contributed by atoms with Crippen LogP contribution in [0.15, 0.2) is 0 Å². The lowest BCUT2D eigenvalue weighted by Crippen LogP contribution is -1.93. The monoisotopic (exact) mass is 201 g/mol.